The minimum Gasteiger partial charge on any atom is -0.435 e. The fourth-order valence-corrected chi connectivity index (χ4v) is 1.45. The molecule has 0 saturated carbocycles. The van der Waals surface area contributed by atoms with Gasteiger partial charge in [0.05, 0.1) is 0 Å². The van der Waals surface area contributed by atoms with Crippen molar-refractivity contribution < 1.29 is 4.74 Å². The average Bonchev–Trinajstić information content (AvgIpc) is 2.30. The third-order valence-electron chi connectivity index (χ3n) is 2.33. The van der Waals surface area contributed by atoms with E-state index in [-0.39, 0.29) is 11.4 Å². The molecule has 0 saturated heterocycles. The van der Waals surface area contributed by atoms with Gasteiger partial charge in [-0.3, -0.25) is 4.79 Å². The fraction of sp³-hybridized carbons (Fsp3) is 0.167. The van der Waals surface area contributed by atoms with Crippen LogP contribution in [-0.4, -0.2) is 9.55 Å². The summed E-state index contributed by atoms with van der Waals surface area (Å²) in [6, 6.07) is 5.18. The van der Waals surface area contributed by atoms with Crippen LogP contribution in [0.5, 0.6) is 11.6 Å². The number of hydrogen-bond acceptors (Lipinski definition) is 3. The summed E-state index contributed by atoms with van der Waals surface area (Å²) in [6.45, 7) is 1.87. The highest BCUT2D eigenvalue weighted by Crippen LogP contribution is 2.23. The molecule has 4 nitrogen and oxygen atoms in total. The van der Waals surface area contributed by atoms with E-state index < -0.39 is 0 Å². The molecule has 0 amide bonds. The summed E-state index contributed by atoms with van der Waals surface area (Å²) in [5, 5.41) is 0.659. The molecular weight excluding hydrogens is 240 g/mol. The maximum atomic E-state index is 11.7. The van der Waals surface area contributed by atoms with Crippen molar-refractivity contribution in [1.29, 1.82) is 0 Å². The first-order valence-electron chi connectivity index (χ1n) is 5.03. The van der Waals surface area contributed by atoms with E-state index in [4.69, 9.17) is 16.3 Å². The first-order chi connectivity index (χ1) is 8.08. The second-order valence-corrected chi connectivity index (χ2v) is 4.07. The van der Waals surface area contributed by atoms with Crippen LogP contribution in [-0.2, 0) is 7.05 Å². The number of halogens is 1. The summed E-state index contributed by atoms with van der Waals surface area (Å²) in [5.74, 6) is 0.597. The summed E-state index contributed by atoms with van der Waals surface area (Å²) in [6.07, 6.45) is 3.09. The second-order valence-electron chi connectivity index (χ2n) is 3.66. The number of rotatable bonds is 2. The van der Waals surface area contributed by atoms with Gasteiger partial charge in [0, 0.05) is 24.5 Å². The Kier molecular flexibility index (Phi) is 3.15. The first kappa shape index (κ1) is 11.7. The van der Waals surface area contributed by atoms with Crippen molar-refractivity contribution in [1.82, 2.24) is 9.55 Å². The van der Waals surface area contributed by atoms with Gasteiger partial charge in [0.25, 0.3) is 5.88 Å². The Morgan fingerprint density at radius 1 is 1.41 bits per heavy atom. The van der Waals surface area contributed by atoms with Gasteiger partial charge in [-0.05, 0) is 30.7 Å². The van der Waals surface area contributed by atoms with Crippen LogP contribution in [0.25, 0.3) is 0 Å². The van der Waals surface area contributed by atoms with E-state index in [1.165, 1.54) is 10.8 Å². The number of ether oxygens (including phenoxy) is 1. The minimum absolute atomic E-state index is 0.0525. The number of hydrogen-bond donors (Lipinski definition) is 0. The fourth-order valence-electron chi connectivity index (χ4n) is 1.34. The Labute approximate surface area is 103 Å². The van der Waals surface area contributed by atoms with E-state index >= 15 is 0 Å². The van der Waals surface area contributed by atoms with Crippen molar-refractivity contribution in [2.75, 3.05) is 0 Å². The molecule has 0 aliphatic rings. The van der Waals surface area contributed by atoms with Gasteiger partial charge in [-0.1, -0.05) is 11.6 Å². The highest BCUT2D eigenvalue weighted by molar-refractivity contribution is 6.31. The molecule has 0 fully saturated rings. The molecule has 17 heavy (non-hydrogen) atoms. The number of aromatic nitrogens is 2. The lowest BCUT2D eigenvalue weighted by atomic mass is 10.2. The summed E-state index contributed by atoms with van der Waals surface area (Å²) in [7, 11) is 1.64. The van der Waals surface area contributed by atoms with Gasteiger partial charge in [-0.15, -0.1) is 0 Å². The van der Waals surface area contributed by atoms with E-state index in [1.807, 2.05) is 6.92 Å². The molecular formula is C12H11ClN2O2. The van der Waals surface area contributed by atoms with Crippen molar-refractivity contribution in [3.8, 4) is 11.6 Å². The molecule has 1 aromatic carbocycles. The molecule has 1 aromatic heterocycles. The van der Waals surface area contributed by atoms with Gasteiger partial charge in [0.2, 0.25) is 0 Å². The Hall–Kier alpha value is -1.81. The van der Waals surface area contributed by atoms with Gasteiger partial charge in [0.15, 0.2) is 0 Å². The lowest BCUT2D eigenvalue weighted by Crippen LogP contribution is -2.18. The Morgan fingerprint density at radius 3 is 2.88 bits per heavy atom. The highest BCUT2D eigenvalue weighted by atomic mass is 35.5. The Morgan fingerprint density at radius 2 is 2.18 bits per heavy atom. The predicted molar refractivity (Wildman–Crippen MR) is 65.7 cm³/mol. The summed E-state index contributed by atoms with van der Waals surface area (Å²) in [4.78, 5) is 15.6. The minimum atomic E-state index is -0.278. The smallest absolute Gasteiger partial charge is 0.313 e. The van der Waals surface area contributed by atoms with E-state index in [0.29, 0.717) is 10.8 Å². The lowest BCUT2D eigenvalue weighted by Gasteiger charge is -2.06. The van der Waals surface area contributed by atoms with Gasteiger partial charge in [-0.2, -0.15) is 0 Å². The predicted octanol–water partition coefficient (Wildman–Crippen LogP) is 2.53. The lowest BCUT2D eigenvalue weighted by molar-refractivity contribution is 0.448. The average molecular weight is 251 g/mol. The third kappa shape index (κ3) is 2.47. The summed E-state index contributed by atoms with van der Waals surface area (Å²) in [5.41, 5.74) is 0.608. The molecule has 0 spiro atoms. The van der Waals surface area contributed by atoms with Crippen molar-refractivity contribution in [3.63, 3.8) is 0 Å². The molecule has 0 aliphatic heterocycles. The van der Waals surface area contributed by atoms with Crippen LogP contribution in [0.3, 0.4) is 0 Å². The molecule has 0 atom stereocenters. The molecule has 1 heterocycles. The maximum Gasteiger partial charge on any atom is 0.313 e. The van der Waals surface area contributed by atoms with Crippen LogP contribution in [0.4, 0.5) is 0 Å². The standard InChI is InChI=1S/C12H11ClN2O2/c1-8-7-9(3-4-10(8)13)17-11-12(16)15(2)6-5-14-11/h3-7H,1-2H3. The van der Waals surface area contributed by atoms with Crippen LogP contribution in [0.2, 0.25) is 5.02 Å². The zero-order valence-electron chi connectivity index (χ0n) is 9.48. The molecule has 2 aromatic rings. The molecule has 0 bridgehead atoms. The number of nitrogens with zero attached hydrogens (tertiary/aromatic N) is 2. The van der Waals surface area contributed by atoms with Gasteiger partial charge in [0.1, 0.15) is 5.75 Å². The van der Waals surface area contributed by atoms with Crippen molar-refractivity contribution >= 4 is 11.6 Å². The first-order valence-corrected chi connectivity index (χ1v) is 5.41. The monoisotopic (exact) mass is 250 g/mol. The second kappa shape index (κ2) is 4.59. The van der Waals surface area contributed by atoms with E-state index in [1.54, 1.807) is 31.4 Å². The van der Waals surface area contributed by atoms with E-state index in [2.05, 4.69) is 4.98 Å². The van der Waals surface area contributed by atoms with Crippen molar-refractivity contribution in [2.45, 2.75) is 6.92 Å². The molecule has 0 radical (unpaired) electrons. The largest absolute Gasteiger partial charge is 0.435 e. The summed E-state index contributed by atoms with van der Waals surface area (Å²) >= 11 is 5.90. The topological polar surface area (TPSA) is 44.1 Å². The van der Waals surface area contributed by atoms with Crippen LogP contribution in [0, 0.1) is 6.92 Å². The summed E-state index contributed by atoms with van der Waals surface area (Å²) < 4.78 is 6.83. The zero-order chi connectivity index (χ0) is 12.4. The van der Waals surface area contributed by atoms with Gasteiger partial charge in [-0.25, -0.2) is 4.98 Å². The SMILES string of the molecule is Cc1cc(Oc2nccn(C)c2=O)ccc1Cl. The Bertz CT molecular complexity index is 608. The molecule has 2 rings (SSSR count). The van der Waals surface area contributed by atoms with Crippen molar-refractivity contribution in [3.05, 3.63) is 51.5 Å². The Balaban J connectivity index is 2.35. The highest BCUT2D eigenvalue weighted by Gasteiger charge is 2.06. The third-order valence-corrected chi connectivity index (χ3v) is 2.75. The molecule has 0 unspecified atom stereocenters. The van der Waals surface area contributed by atoms with Crippen molar-refractivity contribution in [2.24, 2.45) is 7.05 Å². The van der Waals surface area contributed by atoms with Crippen LogP contribution >= 0.6 is 11.6 Å². The normalized spacial score (nSPS) is 10.3. The van der Waals surface area contributed by atoms with Gasteiger partial charge < -0.3 is 9.30 Å². The number of aryl methyl sites for hydroxylation is 2. The van der Waals surface area contributed by atoms with Crippen LogP contribution in [0.1, 0.15) is 5.56 Å². The van der Waals surface area contributed by atoms with E-state index in [0.717, 1.165) is 5.56 Å². The molecule has 0 aliphatic carbocycles. The molecule has 88 valence electrons. The number of benzene rings is 1. The van der Waals surface area contributed by atoms with Crippen LogP contribution in [0.15, 0.2) is 35.4 Å². The quantitative estimate of drug-likeness (QED) is 0.823. The van der Waals surface area contributed by atoms with E-state index in [9.17, 15) is 4.79 Å². The maximum absolute atomic E-state index is 11.7. The zero-order valence-corrected chi connectivity index (χ0v) is 10.2. The molecule has 0 N–H and O–H groups in total. The van der Waals surface area contributed by atoms with Crippen LogP contribution < -0.4 is 10.3 Å². The molecule has 5 heteroatoms. The van der Waals surface area contributed by atoms with Gasteiger partial charge >= 0.3 is 5.56 Å².